The monoisotopic (exact) mass is 141 g/mol. The molecule has 0 aliphatic rings. The van der Waals surface area contributed by atoms with Crippen LogP contribution in [0.15, 0.2) is 0 Å². The van der Waals surface area contributed by atoms with Gasteiger partial charge in [0.2, 0.25) is 0 Å². The molecule has 0 amide bonds. The Kier molecular flexibility index (Phi) is 8.07. The van der Waals surface area contributed by atoms with Crippen molar-refractivity contribution in [3.63, 3.8) is 0 Å². The fourth-order valence-electron chi connectivity index (χ4n) is 0.276. The average Bonchev–Trinajstić information content (AvgIpc) is 1.63. The number of carboxylic acids is 2. The van der Waals surface area contributed by atoms with Gasteiger partial charge < -0.3 is 10.2 Å². The molecule has 0 heterocycles. The van der Waals surface area contributed by atoms with Crippen LogP contribution < -0.4 is 5.32 Å². The molecule has 0 aliphatic heterocycles. The third-order valence-corrected chi connectivity index (χ3v) is 0.552. The Morgan fingerprint density at radius 2 is 1.40 bits per heavy atom. The number of rotatable bonds is 4. The molecule has 0 aromatic heterocycles. The number of carbonyl (C=O) groups is 2. The Morgan fingerprint density at radius 1 is 1.10 bits per heavy atom. The average molecular weight is 141 g/mol. The van der Waals surface area contributed by atoms with Gasteiger partial charge in [-0.3, -0.25) is 14.9 Å². The summed E-state index contributed by atoms with van der Waals surface area (Å²) in [5, 5.41) is 18.1. The van der Waals surface area contributed by atoms with E-state index in [1.54, 1.807) is 0 Å². The van der Waals surface area contributed by atoms with Crippen LogP contribution in [-0.2, 0) is 9.59 Å². The van der Waals surface area contributed by atoms with Crippen molar-refractivity contribution in [3.05, 3.63) is 0 Å². The molecular formula is C4H8LiNO4. The molecule has 0 saturated carbocycles. The third-order valence-electron chi connectivity index (χ3n) is 0.552. The minimum atomic E-state index is -1.06. The van der Waals surface area contributed by atoms with Crippen molar-refractivity contribution in [3.8, 4) is 0 Å². The van der Waals surface area contributed by atoms with Crippen molar-refractivity contribution < 1.29 is 19.8 Å². The zero-order chi connectivity index (χ0) is 7.28. The van der Waals surface area contributed by atoms with Crippen LogP contribution in [0.2, 0.25) is 0 Å². The zero-order valence-corrected chi connectivity index (χ0v) is 4.63. The molecule has 5 nitrogen and oxygen atoms in total. The molecule has 0 aromatic carbocycles. The summed E-state index contributed by atoms with van der Waals surface area (Å²) < 4.78 is 0. The van der Waals surface area contributed by atoms with E-state index in [1.807, 2.05) is 0 Å². The predicted molar refractivity (Wildman–Crippen MR) is 35.3 cm³/mol. The maximum atomic E-state index is 9.73. The fourth-order valence-corrected chi connectivity index (χ4v) is 0.276. The molecule has 0 fully saturated rings. The molecule has 3 N–H and O–H groups in total. The predicted octanol–water partition coefficient (Wildman–Crippen LogP) is -1.90. The Bertz CT molecular complexity index is 112. The van der Waals surface area contributed by atoms with Crippen molar-refractivity contribution in [2.24, 2.45) is 0 Å². The third kappa shape index (κ3) is 10.5. The molecule has 0 radical (unpaired) electrons. The second-order valence-corrected chi connectivity index (χ2v) is 1.39. The molecule has 0 aliphatic carbocycles. The summed E-state index contributed by atoms with van der Waals surface area (Å²) in [6.45, 7) is -0.626. The van der Waals surface area contributed by atoms with Crippen molar-refractivity contribution in [2.45, 2.75) is 0 Å². The summed E-state index contributed by atoms with van der Waals surface area (Å²) in [5.74, 6) is -2.12. The van der Waals surface area contributed by atoms with Gasteiger partial charge in [0.25, 0.3) is 0 Å². The van der Waals surface area contributed by atoms with E-state index in [2.05, 4.69) is 5.32 Å². The first-order valence-electron chi connectivity index (χ1n) is 2.27. The molecule has 10 heavy (non-hydrogen) atoms. The van der Waals surface area contributed by atoms with Gasteiger partial charge >= 0.3 is 30.8 Å². The van der Waals surface area contributed by atoms with Crippen LogP contribution in [0.4, 0.5) is 0 Å². The molecule has 0 bridgehead atoms. The van der Waals surface area contributed by atoms with E-state index in [-0.39, 0.29) is 32.0 Å². The Balaban J connectivity index is 0. The van der Waals surface area contributed by atoms with Crippen LogP contribution in [0, 0.1) is 0 Å². The first-order chi connectivity index (χ1) is 4.13. The Hall–Kier alpha value is -0.503. The molecule has 0 saturated heterocycles. The molecular weight excluding hydrogens is 133 g/mol. The van der Waals surface area contributed by atoms with Gasteiger partial charge in [-0.2, -0.15) is 0 Å². The molecule has 0 atom stereocenters. The molecule has 0 spiro atoms. The first-order valence-corrected chi connectivity index (χ1v) is 2.27. The maximum absolute atomic E-state index is 9.73. The summed E-state index contributed by atoms with van der Waals surface area (Å²) in [6, 6.07) is 0. The number of hydrogen-bond acceptors (Lipinski definition) is 3. The molecule has 54 valence electrons. The van der Waals surface area contributed by atoms with Gasteiger partial charge in [0.15, 0.2) is 0 Å². The van der Waals surface area contributed by atoms with Crippen LogP contribution >= 0.6 is 0 Å². The number of carboxylic acid groups (broad SMARTS) is 2. The molecule has 0 unspecified atom stereocenters. The minimum absolute atomic E-state index is 0. The molecule has 0 rings (SSSR count). The molecule has 0 aromatic rings. The van der Waals surface area contributed by atoms with E-state index in [0.717, 1.165) is 0 Å². The summed E-state index contributed by atoms with van der Waals surface area (Å²) in [4.78, 5) is 19.5. The van der Waals surface area contributed by atoms with E-state index in [0.29, 0.717) is 0 Å². The van der Waals surface area contributed by atoms with Gasteiger partial charge in [-0.15, -0.1) is 0 Å². The number of hydrogen-bond donors (Lipinski definition) is 3. The van der Waals surface area contributed by atoms with Gasteiger partial charge in [0.05, 0.1) is 13.1 Å². The number of aliphatic carboxylic acids is 2. The Labute approximate surface area is 69.6 Å². The molecule has 6 heteroatoms. The zero-order valence-electron chi connectivity index (χ0n) is 4.63. The van der Waals surface area contributed by atoms with Gasteiger partial charge in [-0.05, 0) is 0 Å². The van der Waals surface area contributed by atoms with E-state index < -0.39 is 11.9 Å². The second-order valence-electron chi connectivity index (χ2n) is 1.39. The van der Waals surface area contributed by atoms with Crippen LogP contribution in [0.3, 0.4) is 0 Å². The SMILES string of the molecule is O=C(O)CNCC(=O)O.[LiH]. The van der Waals surface area contributed by atoms with Crippen molar-refractivity contribution in [1.29, 1.82) is 0 Å². The van der Waals surface area contributed by atoms with E-state index in [9.17, 15) is 9.59 Å². The van der Waals surface area contributed by atoms with Gasteiger partial charge in [0, 0.05) is 0 Å². The first kappa shape index (κ1) is 12.2. The summed E-state index contributed by atoms with van der Waals surface area (Å²) in [6.07, 6.45) is 0. The van der Waals surface area contributed by atoms with Crippen molar-refractivity contribution in [2.75, 3.05) is 13.1 Å². The second kappa shape index (κ2) is 6.62. The summed E-state index contributed by atoms with van der Waals surface area (Å²) in [5.41, 5.74) is 0. The van der Waals surface area contributed by atoms with Crippen molar-refractivity contribution >= 4 is 30.8 Å². The van der Waals surface area contributed by atoms with Gasteiger partial charge in [-0.1, -0.05) is 0 Å². The standard InChI is InChI=1S/C4H7NO4.Li.H/c6-3(7)1-5-2-4(8)9;;/h5H,1-2H2,(H,6,7)(H,8,9);;. The summed E-state index contributed by atoms with van der Waals surface area (Å²) >= 11 is 0. The van der Waals surface area contributed by atoms with E-state index >= 15 is 0 Å². The number of nitrogens with one attached hydrogen (secondary N) is 1. The van der Waals surface area contributed by atoms with Crippen LogP contribution in [-0.4, -0.2) is 54.1 Å². The van der Waals surface area contributed by atoms with Gasteiger partial charge in [-0.25, -0.2) is 0 Å². The van der Waals surface area contributed by atoms with Crippen molar-refractivity contribution in [1.82, 2.24) is 5.32 Å². The topological polar surface area (TPSA) is 86.6 Å². The van der Waals surface area contributed by atoms with Gasteiger partial charge in [0.1, 0.15) is 0 Å². The summed E-state index contributed by atoms with van der Waals surface area (Å²) in [7, 11) is 0. The quantitative estimate of drug-likeness (QED) is 0.398. The normalized spacial score (nSPS) is 8.00. The van der Waals surface area contributed by atoms with E-state index in [1.165, 1.54) is 0 Å². The van der Waals surface area contributed by atoms with Crippen LogP contribution in [0.5, 0.6) is 0 Å². The van der Waals surface area contributed by atoms with Crippen LogP contribution in [0.25, 0.3) is 0 Å². The van der Waals surface area contributed by atoms with Crippen LogP contribution in [0.1, 0.15) is 0 Å². The fraction of sp³-hybridized carbons (Fsp3) is 0.500. The Morgan fingerprint density at radius 3 is 1.60 bits per heavy atom. The van der Waals surface area contributed by atoms with E-state index in [4.69, 9.17) is 10.2 Å².